The number of hydrogen-bond acceptors (Lipinski definition) is 1. The molecule has 2 unspecified atom stereocenters. The third-order valence-corrected chi connectivity index (χ3v) is 3.88. The standard InChI is InChI=1S/C14H20BrN/c1-3-4-10(2)16-14-8-5-11-9-12(15)6-7-13(11)14/h6-7,9-10,14,16H,3-5,8H2,1-2H3. The van der Waals surface area contributed by atoms with E-state index in [0.717, 1.165) is 0 Å². The van der Waals surface area contributed by atoms with Gasteiger partial charge in [0.2, 0.25) is 0 Å². The average molecular weight is 282 g/mol. The van der Waals surface area contributed by atoms with E-state index in [4.69, 9.17) is 0 Å². The second-order valence-electron chi connectivity index (χ2n) is 4.79. The maximum absolute atomic E-state index is 3.74. The van der Waals surface area contributed by atoms with Crippen LogP contribution in [-0.4, -0.2) is 6.04 Å². The Bertz CT molecular complexity index is 362. The minimum absolute atomic E-state index is 0.574. The van der Waals surface area contributed by atoms with E-state index in [-0.39, 0.29) is 0 Å². The van der Waals surface area contributed by atoms with Crippen LogP contribution >= 0.6 is 15.9 Å². The van der Waals surface area contributed by atoms with E-state index in [0.29, 0.717) is 12.1 Å². The van der Waals surface area contributed by atoms with Crippen LogP contribution in [0.15, 0.2) is 22.7 Å². The topological polar surface area (TPSA) is 12.0 Å². The molecule has 2 atom stereocenters. The van der Waals surface area contributed by atoms with Crippen molar-refractivity contribution in [1.29, 1.82) is 0 Å². The van der Waals surface area contributed by atoms with Crippen molar-refractivity contribution in [3.8, 4) is 0 Å². The van der Waals surface area contributed by atoms with Crippen LogP contribution in [-0.2, 0) is 6.42 Å². The predicted molar refractivity (Wildman–Crippen MR) is 72.7 cm³/mol. The predicted octanol–water partition coefficient (Wildman–Crippen LogP) is 4.21. The van der Waals surface area contributed by atoms with Crippen molar-refractivity contribution in [2.24, 2.45) is 0 Å². The number of hydrogen-bond donors (Lipinski definition) is 1. The van der Waals surface area contributed by atoms with E-state index >= 15 is 0 Å². The van der Waals surface area contributed by atoms with Crippen molar-refractivity contribution in [2.75, 3.05) is 0 Å². The van der Waals surface area contributed by atoms with Gasteiger partial charge in [0.25, 0.3) is 0 Å². The first-order valence-corrected chi connectivity index (χ1v) is 7.04. The number of rotatable bonds is 4. The largest absolute Gasteiger partial charge is 0.307 e. The summed E-state index contributed by atoms with van der Waals surface area (Å²) in [5.41, 5.74) is 3.02. The van der Waals surface area contributed by atoms with E-state index in [2.05, 4.69) is 53.3 Å². The summed E-state index contributed by atoms with van der Waals surface area (Å²) in [4.78, 5) is 0. The summed E-state index contributed by atoms with van der Waals surface area (Å²) in [6.45, 7) is 4.54. The zero-order valence-corrected chi connectivity index (χ0v) is 11.7. The highest BCUT2D eigenvalue weighted by molar-refractivity contribution is 9.10. The normalized spacial score (nSPS) is 20.8. The molecule has 1 aliphatic carbocycles. The molecule has 1 aliphatic rings. The second-order valence-corrected chi connectivity index (χ2v) is 5.71. The lowest BCUT2D eigenvalue weighted by Gasteiger charge is -2.20. The lowest BCUT2D eigenvalue weighted by molar-refractivity contribution is 0.431. The molecule has 88 valence electrons. The monoisotopic (exact) mass is 281 g/mol. The number of fused-ring (bicyclic) bond motifs is 1. The van der Waals surface area contributed by atoms with E-state index in [1.807, 2.05) is 0 Å². The average Bonchev–Trinajstić information content (AvgIpc) is 2.61. The fourth-order valence-electron chi connectivity index (χ4n) is 2.62. The molecule has 0 fully saturated rings. The molecule has 0 bridgehead atoms. The Balaban J connectivity index is 2.06. The molecule has 0 saturated carbocycles. The van der Waals surface area contributed by atoms with E-state index in [1.54, 1.807) is 0 Å². The first kappa shape index (κ1) is 12.1. The smallest absolute Gasteiger partial charge is 0.0328 e. The van der Waals surface area contributed by atoms with E-state index in [9.17, 15) is 0 Å². The Hall–Kier alpha value is -0.340. The third kappa shape index (κ3) is 2.67. The van der Waals surface area contributed by atoms with Gasteiger partial charge in [-0.05, 0) is 49.4 Å². The summed E-state index contributed by atoms with van der Waals surface area (Å²) in [5, 5.41) is 3.74. The van der Waals surface area contributed by atoms with Gasteiger partial charge in [0.15, 0.2) is 0 Å². The molecule has 1 aromatic carbocycles. The summed E-state index contributed by atoms with van der Waals surface area (Å²) >= 11 is 3.54. The summed E-state index contributed by atoms with van der Waals surface area (Å²) in [6, 6.07) is 7.89. The molecule has 0 aromatic heterocycles. The Kier molecular flexibility index (Phi) is 4.04. The Labute approximate surface area is 107 Å². The van der Waals surface area contributed by atoms with Crippen LogP contribution in [0.3, 0.4) is 0 Å². The van der Waals surface area contributed by atoms with Crippen LogP contribution in [0.4, 0.5) is 0 Å². The quantitative estimate of drug-likeness (QED) is 0.872. The lowest BCUT2D eigenvalue weighted by Crippen LogP contribution is -2.29. The molecule has 0 aliphatic heterocycles. The Morgan fingerprint density at radius 1 is 1.50 bits per heavy atom. The van der Waals surface area contributed by atoms with Gasteiger partial charge in [0, 0.05) is 16.6 Å². The van der Waals surface area contributed by atoms with Gasteiger partial charge in [-0.15, -0.1) is 0 Å². The molecule has 0 saturated heterocycles. The van der Waals surface area contributed by atoms with E-state index in [1.165, 1.54) is 41.3 Å². The molecule has 0 heterocycles. The van der Waals surface area contributed by atoms with Crippen LogP contribution in [0.25, 0.3) is 0 Å². The van der Waals surface area contributed by atoms with Crippen molar-refractivity contribution in [1.82, 2.24) is 5.32 Å². The van der Waals surface area contributed by atoms with Gasteiger partial charge in [0.1, 0.15) is 0 Å². The zero-order chi connectivity index (χ0) is 11.5. The lowest BCUT2D eigenvalue weighted by atomic mass is 10.1. The minimum Gasteiger partial charge on any atom is -0.307 e. The molecular formula is C14H20BrN. The van der Waals surface area contributed by atoms with Crippen molar-refractivity contribution in [2.45, 2.75) is 51.6 Å². The van der Waals surface area contributed by atoms with Gasteiger partial charge in [-0.2, -0.15) is 0 Å². The maximum Gasteiger partial charge on any atom is 0.0328 e. The van der Waals surface area contributed by atoms with Crippen LogP contribution < -0.4 is 5.32 Å². The molecule has 2 rings (SSSR count). The minimum atomic E-state index is 0.574. The van der Waals surface area contributed by atoms with Gasteiger partial charge < -0.3 is 5.32 Å². The third-order valence-electron chi connectivity index (χ3n) is 3.39. The number of halogens is 1. The van der Waals surface area contributed by atoms with Crippen LogP contribution in [0.1, 0.15) is 50.3 Å². The first-order chi connectivity index (χ1) is 7.70. The maximum atomic E-state index is 3.74. The molecule has 0 spiro atoms. The summed E-state index contributed by atoms with van der Waals surface area (Å²) in [7, 11) is 0. The van der Waals surface area contributed by atoms with Crippen molar-refractivity contribution in [3.63, 3.8) is 0 Å². The molecule has 1 nitrogen and oxygen atoms in total. The Morgan fingerprint density at radius 2 is 2.31 bits per heavy atom. The highest BCUT2D eigenvalue weighted by atomic mass is 79.9. The van der Waals surface area contributed by atoms with Crippen LogP contribution in [0, 0.1) is 0 Å². The zero-order valence-electron chi connectivity index (χ0n) is 10.1. The van der Waals surface area contributed by atoms with Gasteiger partial charge in [-0.1, -0.05) is 35.3 Å². The number of aryl methyl sites for hydroxylation is 1. The molecule has 16 heavy (non-hydrogen) atoms. The van der Waals surface area contributed by atoms with Crippen LogP contribution in [0.5, 0.6) is 0 Å². The summed E-state index contributed by atoms with van der Waals surface area (Å²) in [5.74, 6) is 0. The highest BCUT2D eigenvalue weighted by Gasteiger charge is 2.23. The SMILES string of the molecule is CCCC(C)NC1CCc2cc(Br)ccc21. The molecule has 1 N–H and O–H groups in total. The molecular weight excluding hydrogens is 262 g/mol. The van der Waals surface area contributed by atoms with Gasteiger partial charge in [-0.25, -0.2) is 0 Å². The van der Waals surface area contributed by atoms with Gasteiger partial charge in [-0.3, -0.25) is 0 Å². The fraction of sp³-hybridized carbons (Fsp3) is 0.571. The van der Waals surface area contributed by atoms with Crippen LogP contribution in [0.2, 0.25) is 0 Å². The highest BCUT2D eigenvalue weighted by Crippen LogP contribution is 2.33. The summed E-state index contributed by atoms with van der Waals surface area (Å²) in [6.07, 6.45) is 4.99. The number of benzene rings is 1. The van der Waals surface area contributed by atoms with Gasteiger partial charge >= 0.3 is 0 Å². The molecule has 0 radical (unpaired) electrons. The molecule has 2 heteroatoms. The van der Waals surface area contributed by atoms with Crippen molar-refractivity contribution in [3.05, 3.63) is 33.8 Å². The molecule has 1 aromatic rings. The van der Waals surface area contributed by atoms with Crippen molar-refractivity contribution < 1.29 is 0 Å². The van der Waals surface area contributed by atoms with E-state index < -0.39 is 0 Å². The summed E-state index contributed by atoms with van der Waals surface area (Å²) < 4.78 is 1.20. The number of nitrogens with one attached hydrogen (secondary N) is 1. The first-order valence-electron chi connectivity index (χ1n) is 6.25. The van der Waals surface area contributed by atoms with Crippen molar-refractivity contribution >= 4 is 15.9 Å². The van der Waals surface area contributed by atoms with Gasteiger partial charge in [0.05, 0.1) is 0 Å². The fourth-order valence-corrected chi connectivity index (χ4v) is 3.03. The second kappa shape index (κ2) is 5.33. The Morgan fingerprint density at radius 3 is 3.06 bits per heavy atom. The molecule has 0 amide bonds.